The van der Waals surface area contributed by atoms with Gasteiger partial charge in [-0.1, -0.05) is 0 Å². The summed E-state index contributed by atoms with van der Waals surface area (Å²) in [5, 5.41) is 0.856. The molecule has 0 aromatic rings. The van der Waals surface area contributed by atoms with E-state index in [1.807, 2.05) is 0 Å². The molecule has 16 heavy (non-hydrogen) atoms. The first-order chi connectivity index (χ1) is 6.71. The predicted octanol–water partition coefficient (Wildman–Crippen LogP) is 1.22. The van der Waals surface area contributed by atoms with Crippen molar-refractivity contribution in [3.8, 4) is 0 Å². The summed E-state index contributed by atoms with van der Waals surface area (Å²) in [6.45, 7) is 0. The van der Waals surface area contributed by atoms with Crippen molar-refractivity contribution in [3.63, 3.8) is 0 Å². The molecule has 0 nitrogen and oxygen atoms in total. The molecule has 0 aliphatic rings. The molecule has 0 saturated heterocycles. The topological polar surface area (TPSA) is 0 Å². The third-order valence-electron chi connectivity index (χ3n) is 1.74. The molecular formula is C8H12AlClF6. The van der Waals surface area contributed by atoms with Gasteiger partial charge in [0.2, 0.25) is 0 Å². The van der Waals surface area contributed by atoms with Crippen LogP contribution in [0, 0.1) is 0 Å². The number of hydrogen-bond donors (Lipinski definition) is 0. The van der Waals surface area contributed by atoms with Crippen LogP contribution in [0.5, 0.6) is 0 Å². The molecule has 0 bridgehead atoms. The summed E-state index contributed by atoms with van der Waals surface area (Å²) in [5.74, 6) is 0. The third-order valence-corrected chi connectivity index (χ3v) is 3.37. The Morgan fingerprint density at radius 3 is 1.25 bits per heavy atom. The summed E-state index contributed by atoms with van der Waals surface area (Å²) in [5.41, 5.74) is 0. The van der Waals surface area contributed by atoms with E-state index in [0.717, 1.165) is 0 Å². The minimum Gasteiger partial charge on any atom is -1.00 e. The van der Waals surface area contributed by atoms with Crippen LogP contribution in [0.3, 0.4) is 0 Å². The molecule has 0 heterocycles. The molecule has 0 fully saturated rings. The second-order valence-electron chi connectivity index (χ2n) is 3.30. The Morgan fingerprint density at radius 1 is 0.688 bits per heavy atom. The monoisotopic (exact) mass is 284 g/mol. The molecule has 0 aromatic carbocycles. The molecule has 0 radical (unpaired) electrons. The quantitative estimate of drug-likeness (QED) is 0.391. The van der Waals surface area contributed by atoms with Crippen molar-refractivity contribution in [2.75, 3.05) is 0 Å². The second kappa shape index (κ2) is 8.49. The Hall–Kier alpha value is 0.402. The number of alkyl halides is 6. The number of hydrogen-bond acceptors (Lipinski definition) is 0. The smallest absolute Gasteiger partial charge is 1.00 e. The Kier molecular flexibility index (Phi) is 9.95. The van der Waals surface area contributed by atoms with Crippen LogP contribution in [0.4, 0.5) is 26.3 Å². The Bertz CT molecular complexity index is 149. The van der Waals surface area contributed by atoms with E-state index in [-0.39, 0.29) is 40.5 Å². The Labute approximate surface area is 103 Å². The van der Waals surface area contributed by atoms with Gasteiger partial charge in [-0.2, -0.15) is 0 Å². The van der Waals surface area contributed by atoms with Crippen LogP contribution in [0.1, 0.15) is 25.7 Å². The van der Waals surface area contributed by atoms with Crippen molar-refractivity contribution >= 4 is 15.2 Å². The molecule has 0 saturated carbocycles. The van der Waals surface area contributed by atoms with Crippen LogP contribution in [-0.4, -0.2) is 27.6 Å². The fourth-order valence-electron chi connectivity index (χ4n) is 1.04. The molecule has 0 aliphatic carbocycles. The first-order valence-corrected chi connectivity index (χ1v) is 6.29. The molecule has 0 spiro atoms. The van der Waals surface area contributed by atoms with Crippen molar-refractivity contribution in [1.29, 1.82) is 0 Å². The summed E-state index contributed by atoms with van der Waals surface area (Å²) in [4.78, 5) is 0. The normalized spacial score (nSPS) is 11.9. The fraction of sp³-hybridized carbons (Fsp3) is 1.00. The molecule has 0 atom stereocenters. The molecule has 0 amide bonds. The van der Waals surface area contributed by atoms with Gasteiger partial charge in [0, 0.05) is 0 Å². The van der Waals surface area contributed by atoms with E-state index in [1.165, 1.54) is 0 Å². The van der Waals surface area contributed by atoms with Crippen LogP contribution < -0.4 is 12.4 Å². The Morgan fingerprint density at radius 2 is 1.00 bits per heavy atom. The van der Waals surface area contributed by atoms with Crippen molar-refractivity contribution in [1.82, 2.24) is 0 Å². The van der Waals surface area contributed by atoms with Crippen LogP contribution in [0.25, 0.3) is 0 Å². The first-order valence-electron chi connectivity index (χ1n) is 4.66. The summed E-state index contributed by atoms with van der Waals surface area (Å²) in [6.07, 6.45) is -9.81. The van der Waals surface area contributed by atoms with E-state index in [1.54, 1.807) is 0 Å². The predicted molar refractivity (Wildman–Crippen MR) is 45.9 cm³/mol. The SMILES string of the molecule is FC(F)(F)CC[CH2][Al+][CH2]CCC(F)(F)F.[Cl-]. The van der Waals surface area contributed by atoms with Crippen molar-refractivity contribution in [2.24, 2.45) is 0 Å². The maximum Gasteiger partial charge on any atom is -1.00 e. The van der Waals surface area contributed by atoms with Crippen LogP contribution in [0.15, 0.2) is 0 Å². The zero-order valence-corrected chi connectivity index (χ0v) is 10.4. The number of rotatable bonds is 6. The van der Waals surface area contributed by atoms with Gasteiger partial charge in [0.15, 0.2) is 0 Å². The summed E-state index contributed by atoms with van der Waals surface area (Å²) >= 11 is -0.261. The standard InChI is InChI=1S/2C4H6F3.Al.ClH/c2*1-2-3-4(5,6)7;;/h2*1-3H2;;1H/q;;+1;/p-1. The summed E-state index contributed by atoms with van der Waals surface area (Å²) in [6, 6.07) is 0. The van der Waals surface area contributed by atoms with Crippen LogP contribution in [-0.2, 0) is 0 Å². The molecular weight excluding hydrogens is 273 g/mol. The van der Waals surface area contributed by atoms with Gasteiger partial charge < -0.3 is 12.4 Å². The van der Waals surface area contributed by atoms with Gasteiger partial charge in [-0.3, -0.25) is 0 Å². The van der Waals surface area contributed by atoms with Gasteiger partial charge in [-0.25, -0.2) is 0 Å². The average molecular weight is 285 g/mol. The zero-order chi connectivity index (χ0) is 11.9. The molecule has 0 aliphatic heterocycles. The van der Waals surface area contributed by atoms with Crippen molar-refractivity contribution in [2.45, 2.75) is 48.6 Å². The third kappa shape index (κ3) is 16.8. The van der Waals surface area contributed by atoms with E-state index >= 15 is 0 Å². The fourth-order valence-corrected chi connectivity index (χ4v) is 2.31. The first kappa shape index (κ1) is 18.8. The average Bonchev–Trinajstić information content (AvgIpc) is 1.98. The van der Waals surface area contributed by atoms with Crippen molar-refractivity contribution < 1.29 is 38.7 Å². The second-order valence-corrected chi connectivity index (χ2v) is 5.04. The number of halogens is 7. The maximum atomic E-state index is 11.6. The summed E-state index contributed by atoms with van der Waals surface area (Å²) in [7, 11) is 0. The van der Waals surface area contributed by atoms with Gasteiger partial charge in [0.25, 0.3) is 0 Å². The molecule has 96 valence electrons. The summed E-state index contributed by atoms with van der Waals surface area (Å²) < 4.78 is 69.9. The molecule has 0 unspecified atom stereocenters. The zero-order valence-electron chi connectivity index (χ0n) is 8.47. The Balaban J connectivity index is 0. The minimum atomic E-state index is -4.13. The van der Waals surface area contributed by atoms with E-state index in [2.05, 4.69) is 0 Å². The molecule has 0 rings (SSSR count). The van der Waals surface area contributed by atoms with Gasteiger partial charge >= 0.3 is 90.2 Å². The van der Waals surface area contributed by atoms with E-state index in [0.29, 0.717) is 10.6 Å². The van der Waals surface area contributed by atoms with Crippen LogP contribution >= 0.6 is 0 Å². The van der Waals surface area contributed by atoms with Crippen LogP contribution in [0.2, 0.25) is 10.6 Å². The van der Waals surface area contributed by atoms with E-state index < -0.39 is 25.2 Å². The van der Waals surface area contributed by atoms with E-state index in [9.17, 15) is 26.3 Å². The minimum absolute atomic E-state index is 0. The molecule has 0 aromatic heterocycles. The largest absolute Gasteiger partial charge is 1.00 e. The van der Waals surface area contributed by atoms with Gasteiger partial charge in [-0.05, 0) is 0 Å². The molecule has 0 N–H and O–H groups in total. The van der Waals surface area contributed by atoms with E-state index in [4.69, 9.17) is 0 Å². The van der Waals surface area contributed by atoms with Gasteiger partial charge in [0.1, 0.15) is 0 Å². The molecule has 8 heteroatoms. The van der Waals surface area contributed by atoms with Gasteiger partial charge in [-0.15, -0.1) is 0 Å². The van der Waals surface area contributed by atoms with Crippen molar-refractivity contribution in [3.05, 3.63) is 0 Å². The van der Waals surface area contributed by atoms with Gasteiger partial charge in [0.05, 0.1) is 0 Å². The maximum absolute atomic E-state index is 11.6.